The number of rotatable bonds is 2. The van der Waals surface area contributed by atoms with E-state index in [0.29, 0.717) is 16.4 Å². The van der Waals surface area contributed by atoms with Gasteiger partial charge >= 0.3 is 0 Å². The second-order valence-electron chi connectivity index (χ2n) is 4.62. The standard InChI is InChI=1S/C14H16ClNOS/c1-16-13(18)14(9-3-2-4-12(14)17)10-5-7-11(15)8-6-10/h5-8H,2-4,9H2,1H3,(H,16,18). The number of hydrogen-bond acceptors (Lipinski definition) is 2. The molecule has 1 unspecified atom stereocenters. The third-order valence-electron chi connectivity index (χ3n) is 3.63. The Labute approximate surface area is 118 Å². The Morgan fingerprint density at radius 1 is 1.33 bits per heavy atom. The molecule has 1 aromatic carbocycles. The van der Waals surface area contributed by atoms with Crippen LogP contribution in [0.2, 0.25) is 5.02 Å². The molecule has 0 heterocycles. The van der Waals surface area contributed by atoms with Gasteiger partial charge in [0, 0.05) is 18.5 Å². The van der Waals surface area contributed by atoms with Crippen LogP contribution >= 0.6 is 23.8 Å². The maximum absolute atomic E-state index is 12.4. The summed E-state index contributed by atoms with van der Waals surface area (Å²) in [5.41, 5.74) is 0.309. The van der Waals surface area contributed by atoms with Crippen molar-refractivity contribution in [2.75, 3.05) is 7.05 Å². The minimum atomic E-state index is -0.646. The highest BCUT2D eigenvalue weighted by molar-refractivity contribution is 7.80. The van der Waals surface area contributed by atoms with Gasteiger partial charge < -0.3 is 5.32 Å². The lowest BCUT2D eigenvalue weighted by molar-refractivity contribution is -0.123. The molecule has 1 N–H and O–H groups in total. The smallest absolute Gasteiger partial charge is 0.150 e. The average molecular weight is 282 g/mol. The van der Waals surface area contributed by atoms with Crippen molar-refractivity contribution < 1.29 is 4.79 Å². The van der Waals surface area contributed by atoms with Gasteiger partial charge in [0.2, 0.25) is 0 Å². The second kappa shape index (κ2) is 5.37. The van der Waals surface area contributed by atoms with Crippen molar-refractivity contribution in [2.24, 2.45) is 0 Å². The summed E-state index contributed by atoms with van der Waals surface area (Å²) in [6.07, 6.45) is 3.37. The topological polar surface area (TPSA) is 29.1 Å². The molecule has 0 radical (unpaired) electrons. The van der Waals surface area contributed by atoms with Crippen LogP contribution in [0.1, 0.15) is 31.2 Å². The van der Waals surface area contributed by atoms with Gasteiger partial charge in [0.15, 0.2) is 0 Å². The minimum absolute atomic E-state index is 0.218. The van der Waals surface area contributed by atoms with Crippen LogP contribution in [0.25, 0.3) is 0 Å². The zero-order chi connectivity index (χ0) is 13.2. The fourth-order valence-electron chi connectivity index (χ4n) is 2.65. The highest BCUT2D eigenvalue weighted by Gasteiger charge is 2.44. The first kappa shape index (κ1) is 13.5. The van der Waals surface area contributed by atoms with Crippen molar-refractivity contribution in [3.05, 3.63) is 34.9 Å². The van der Waals surface area contributed by atoms with Crippen LogP contribution in [0.15, 0.2) is 24.3 Å². The molecular formula is C14H16ClNOS. The zero-order valence-electron chi connectivity index (χ0n) is 10.3. The summed E-state index contributed by atoms with van der Waals surface area (Å²) in [5, 5.41) is 3.67. The zero-order valence-corrected chi connectivity index (χ0v) is 11.9. The number of likely N-dealkylation sites (N-methyl/N-ethyl adjacent to an activating group) is 1. The number of benzene rings is 1. The molecule has 0 spiro atoms. The van der Waals surface area contributed by atoms with Gasteiger partial charge in [-0.05, 0) is 30.5 Å². The van der Waals surface area contributed by atoms with Gasteiger partial charge in [-0.25, -0.2) is 0 Å². The van der Waals surface area contributed by atoms with Crippen molar-refractivity contribution in [1.29, 1.82) is 0 Å². The van der Waals surface area contributed by atoms with Gasteiger partial charge in [0.25, 0.3) is 0 Å². The normalized spacial score (nSPS) is 23.8. The van der Waals surface area contributed by atoms with E-state index in [-0.39, 0.29) is 5.78 Å². The quantitative estimate of drug-likeness (QED) is 0.844. The van der Waals surface area contributed by atoms with Crippen molar-refractivity contribution in [2.45, 2.75) is 31.1 Å². The van der Waals surface area contributed by atoms with E-state index in [4.69, 9.17) is 23.8 Å². The molecule has 96 valence electrons. The fourth-order valence-corrected chi connectivity index (χ4v) is 3.11. The lowest BCUT2D eigenvalue weighted by atomic mass is 9.68. The molecule has 1 aliphatic rings. The van der Waals surface area contributed by atoms with Gasteiger partial charge in [0.05, 0.1) is 4.99 Å². The van der Waals surface area contributed by atoms with E-state index < -0.39 is 5.41 Å². The Morgan fingerprint density at radius 2 is 2.00 bits per heavy atom. The average Bonchev–Trinajstić information content (AvgIpc) is 2.40. The first-order valence-corrected chi connectivity index (χ1v) is 6.91. The Kier molecular flexibility index (Phi) is 4.03. The van der Waals surface area contributed by atoms with E-state index >= 15 is 0 Å². The molecule has 1 fully saturated rings. The molecule has 0 aromatic heterocycles. The third-order valence-corrected chi connectivity index (χ3v) is 4.44. The van der Waals surface area contributed by atoms with Crippen molar-refractivity contribution in [3.63, 3.8) is 0 Å². The van der Waals surface area contributed by atoms with Gasteiger partial charge in [-0.2, -0.15) is 0 Å². The van der Waals surface area contributed by atoms with E-state index in [9.17, 15) is 4.79 Å². The summed E-state index contributed by atoms with van der Waals surface area (Å²) in [6.45, 7) is 0. The van der Waals surface area contributed by atoms with Crippen LogP contribution in [-0.4, -0.2) is 17.8 Å². The lowest BCUT2D eigenvalue weighted by Crippen LogP contribution is -2.49. The van der Waals surface area contributed by atoms with E-state index in [0.717, 1.165) is 24.8 Å². The number of nitrogens with one attached hydrogen (secondary N) is 1. The predicted octanol–water partition coefficient (Wildman–Crippen LogP) is 3.27. The SMILES string of the molecule is CNC(=S)C1(c2ccc(Cl)cc2)CCCCC1=O. The Bertz CT molecular complexity index is 461. The Morgan fingerprint density at radius 3 is 2.56 bits per heavy atom. The monoisotopic (exact) mass is 281 g/mol. The van der Waals surface area contributed by atoms with Crippen LogP contribution in [0.3, 0.4) is 0 Å². The predicted molar refractivity (Wildman–Crippen MR) is 78.3 cm³/mol. The molecule has 0 saturated heterocycles. The number of Topliss-reactive ketones (excluding diaryl/α,β-unsaturated/α-hetero) is 1. The van der Waals surface area contributed by atoms with Crippen molar-refractivity contribution >= 4 is 34.6 Å². The first-order valence-electron chi connectivity index (χ1n) is 6.13. The Balaban J connectivity index is 2.51. The van der Waals surface area contributed by atoms with Gasteiger partial charge in [0.1, 0.15) is 11.2 Å². The Hall–Kier alpha value is -0.930. The number of carbonyl (C=O) groups is 1. The van der Waals surface area contributed by atoms with E-state index in [2.05, 4.69) is 5.32 Å². The van der Waals surface area contributed by atoms with E-state index in [1.807, 2.05) is 24.3 Å². The van der Waals surface area contributed by atoms with Crippen LogP contribution in [0.4, 0.5) is 0 Å². The molecule has 1 saturated carbocycles. The molecular weight excluding hydrogens is 266 g/mol. The van der Waals surface area contributed by atoms with Gasteiger partial charge in [-0.3, -0.25) is 4.79 Å². The van der Waals surface area contributed by atoms with Gasteiger partial charge in [-0.1, -0.05) is 42.4 Å². The van der Waals surface area contributed by atoms with E-state index in [1.165, 1.54) is 0 Å². The van der Waals surface area contributed by atoms with Crippen molar-refractivity contribution in [1.82, 2.24) is 5.32 Å². The lowest BCUT2D eigenvalue weighted by Gasteiger charge is -2.36. The van der Waals surface area contributed by atoms with Crippen LogP contribution in [0.5, 0.6) is 0 Å². The molecule has 1 aromatic rings. The summed E-state index contributed by atoms with van der Waals surface area (Å²) >= 11 is 11.3. The minimum Gasteiger partial charge on any atom is -0.382 e. The van der Waals surface area contributed by atoms with Crippen LogP contribution in [-0.2, 0) is 10.2 Å². The molecule has 4 heteroatoms. The summed E-state index contributed by atoms with van der Waals surface area (Å²) in [7, 11) is 1.78. The number of halogens is 1. The molecule has 0 bridgehead atoms. The first-order chi connectivity index (χ1) is 8.61. The third kappa shape index (κ3) is 2.17. The molecule has 0 aliphatic heterocycles. The maximum Gasteiger partial charge on any atom is 0.150 e. The molecule has 1 atom stereocenters. The molecule has 2 rings (SSSR count). The molecule has 18 heavy (non-hydrogen) atoms. The van der Waals surface area contributed by atoms with Crippen LogP contribution in [0, 0.1) is 0 Å². The maximum atomic E-state index is 12.4. The molecule has 1 aliphatic carbocycles. The second-order valence-corrected chi connectivity index (χ2v) is 5.47. The summed E-state index contributed by atoms with van der Waals surface area (Å²) in [5.74, 6) is 0.218. The van der Waals surface area contributed by atoms with E-state index in [1.54, 1.807) is 7.05 Å². The van der Waals surface area contributed by atoms with Crippen molar-refractivity contribution in [3.8, 4) is 0 Å². The molecule has 2 nitrogen and oxygen atoms in total. The largest absolute Gasteiger partial charge is 0.382 e. The fraction of sp³-hybridized carbons (Fsp3) is 0.429. The number of ketones is 1. The summed E-state index contributed by atoms with van der Waals surface area (Å²) in [6, 6.07) is 7.46. The highest BCUT2D eigenvalue weighted by Crippen LogP contribution is 2.38. The van der Waals surface area contributed by atoms with Gasteiger partial charge in [-0.15, -0.1) is 0 Å². The molecule has 0 amide bonds. The summed E-state index contributed by atoms with van der Waals surface area (Å²) in [4.78, 5) is 13.1. The summed E-state index contributed by atoms with van der Waals surface area (Å²) < 4.78 is 0. The number of hydrogen-bond donors (Lipinski definition) is 1. The highest BCUT2D eigenvalue weighted by atomic mass is 35.5. The number of carbonyl (C=O) groups excluding carboxylic acids is 1. The van der Waals surface area contributed by atoms with Crippen LogP contribution < -0.4 is 5.32 Å². The number of thiocarbonyl (C=S) groups is 1.